The predicted molar refractivity (Wildman–Crippen MR) is 124 cm³/mol. The average molecular weight is 496 g/mol. The molecule has 0 aromatic heterocycles. The SMILES string of the molecule is CCN(C(=O)COC(=O)c1ccc(OCc2ccc(Cl)cc2)c(OC)c1)C1CCS(=O)(=O)C1. The minimum atomic E-state index is -3.13. The van der Waals surface area contributed by atoms with Crippen LogP contribution in [0.2, 0.25) is 5.02 Å². The highest BCUT2D eigenvalue weighted by atomic mass is 35.5. The molecule has 0 bridgehead atoms. The minimum Gasteiger partial charge on any atom is -0.493 e. The Hall–Kier alpha value is -2.78. The smallest absolute Gasteiger partial charge is 0.338 e. The van der Waals surface area contributed by atoms with Gasteiger partial charge in [-0.1, -0.05) is 23.7 Å². The lowest BCUT2D eigenvalue weighted by Crippen LogP contribution is -2.43. The Morgan fingerprint density at radius 2 is 1.85 bits per heavy atom. The van der Waals surface area contributed by atoms with Gasteiger partial charge in [-0.15, -0.1) is 0 Å². The van der Waals surface area contributed by atoms with Crippen molar-refractivity contribution in [2.75, 3.05) is 31.8 Å². The van der Waals surface area contributed by atoms with Gasteiger partial charge in [0.25, 0.3) is 5.91 Å². The van der Waals surface area contributed by atoms with Gasteiger partial charge in [0, 0.05) is 17.6 Å². The number of likely N-dealkylation sites (N-methyl/N-ethyl adjacent to an activating group) is 1. The molecule has 1 amide bonds. The number of rotatable bonds is 9. The monoisotopic (exact) mass is 495 g/mol. The molecule has 33 heavy (non-hydrogen) atoms. The van der Waals surface area contributed by atoms with Crippen LogP contribution in [-0.2, 0) is 26.0 Å². The molecule has 0 N–H and O–H groups in total. The van der Waals surface area contributed by atoms with Crippen molar-refractivity contribution in [3.63, 3.8) is 0 Å². The Labute approximate surface area is 198 Å². The fourth-order valence-electron chi connectivity index (χ4n) is 3.61. The maximum Gasteiger partial charge on any atom is 0.338 e. The lowest BCUT2D eigenvalue weighted by atomic mass is 10.2. The maximum absolute atomic E-state index is 12.5. The molecule has 0 aliphatic carbocycles. The molecule has 1 aliphatic rings. The van der Waals surface area contributed by atoms with E-state index in [1.807, 2.05) is 12.1 Å². The van der Waals surface area contributed by atoms with Crippen molar-refractivity contribution in [1.29, 1.82) is 0 Å². The highest BCUT2D eigenvalue weighted by Gasteiger charge is 2.34. The van der Waals surface area contributed by atoms with E-state index in [0.29, 0.717) is 29.5 Å². The second-order valence-corrected chi connectivity index (χ2v) is 10.3. The highest BCUT2D eigenvalue weighted by molar-refractivity contribution is 7.91. The largest absolute Gasteiger partial charge is 0.493 e. The van der Waals surface area contributed by atoms with Crippen LogP contribution in [0.25, 0.3) is 0 Å². The molecule has 0 saturated carbocycles. The van der Waals surface area contributed by atoms with Crippen LogP contribution in [0.3, 0.4) is 0 Å². The first-order chi connectivity index (χ1) is 15.7. The van der Waals surface area contributed by atoms with Crippen LogP contribution < -0.4 is 9.47 Å². The van der Waals surface area contributed by atoms with Gasteiger partial charge in [0.15, 0.2) is 27.9 Å². The summed E-state index contributed by atoms with van der Waals surface area (Å²) in [5.41, 5.74) is 1.11. The number of carbonyl (C=O) groups is 2. The Kier molecular flexibility index (Phi) is 8.20. The number of esters is 1. The molecule has 3 rings (SSSR count). The molecule has 8 nitrogen and oxygen atoms in total. The number of hydrogen-bond acceptors (Lipinski definition) is 7. The van der Waals surface area contributed by atoms with Gasteiger partial charge in [0.1, 0.15) is 6.61 Å². The van der Waals surface area contributed by atoms with Crippen molar-refractivity contribution >= 4 is 33.3 Å². The molecule has 1 fully saturated rings. The number of amides is 1. The van der Waals surface area contributed by atoms with Crippen molar-refractivity contribution in [2.45, 2.75) is 26.0 Å². The van der Waals surface area contributed by atoms with Gasteiger partial charge < -0.3 is 19.1 Å². The second-order valence-electron chi connectivity index (χ2n) is 7.59. The normalized spacial score (nSPS) is 16.8. The number of nitrogens with zero attached hydrogens (tertiary/aromatic N) is 1. The van der Waals surface area contributed by atoms with E-state index < -0.39 is 28.3 Å². The summed E-state index contributed by atoms with van der Waals surface area (Å²) in [5, 5.41) is 0.632. The van der Waals surface area contributed by atoms with Gasteiger partial charge in [-0.05, 0) is 49.2 Å². The van der Waals surface area contributed by atoms with Gasteiger partial charge in [0.05, 0.1) is 24.2 Å². The summed E-state index contributed by atoms with van der Waals surface area (Å²) >= 11 is 5.89. The predicted octanol–water partition coefficient (Wildman–Crippen LogP) is 3.12. The van der Waals surface area contributed by atoms with Gasteiger partial charge in [-0.25, -0.2) is 13.2 Å². The lowest BCUT2D eigenvalue weighted by molar-refractivity contribution is -0.136. The summed E-state index contributed by atoms with van der Waals surface area (Å²) < 4.78 is 39.7. The van der Waals surface area contributed by atoms with Crippen LogP contribution in [-0.4, -0.2) is 63.0 Å². The lowest BCUT2D eigenvalue weighted by Gasteiger charge is -2.26. The van der Waals surface area contributed by atoms with Gasteiger partial charge in [0.2, 0.25) is 0 Å². The highest BCUT2D eigenvalue weighted by Crippen LogP contribution is 2.29. The van der Waals surface area contributed by atoms with Crippen LogP contribution in [0.4, 0.5) is 0 Å². The molecule has 0 spiro atoms. The van der Waals surface area contributed by atoms with Gasteiger partial charge in [-0.3, -0.25) is 4.79 Å². The Morgan fingerprint density at radius 3 is 2.45 bits per heavy atom. The molecular formula is C23H26ClNO7S. The summed E-state index contributed by atoms with van der Waals surface area (Å²) in [4.78, 5) is 26.5. The number of sulfone groups is 1. The second kappa shape index (κ2) is 10.9. The van der Waals surface area contributed by atoms with Gasteiger partial charge >= 0.3 is 5.97 Å². The van der Waals surface area contributed by atoms with E-state index >= 15 is 0 Å². The van der Waals surface area contributed by atoms with Gasteiger partial charge in [-0.2, -0.15) is 0 Å². The van der Waals surface area contributed by atoms with E-state index in [0.717, 1.165) is 5.56 Å². The third-order valence-electron chi connectivity index (χ3n) is 5.34. The third kappa shape index (κ3) is 6.61. The van der Waals surface area contributed by atoms with E-state index in [1.165, 1.54) is 24.1 Å². The Bertz CT molecular complexity index is 1100. The van der Waals surface area contributed by atoms with E-state index in [4.69, 9.17) is 25.8 Å². The summed E-state index contributed by atoms with van der Waals surface area (Å²) in [6.07, 6.45) is 0.393. The summed E-state index contributed by atoms with van der Waals surface area (Å²) in [7, 11) is -1.67. The first-order valence-corrected chi connectivity index (χ1v) is 12.6. The van der Waals surface area contributed by atoms with Crippen molar-refractivity contribution < 1.29 is 32.2 Å². The molecule has 1 atom stereocenters. The molecule has 2 aromatic carbocycles. The van der Waals surface area contributed by atoms with Crippen LogP contribution in [0.15, 0.2) is 42.5 Å². The maximum atomic E-state index is 12.5. The van der Waals surface area contributed by atoms with E-state index in [2.05, 4.69) is 0 Å². The molecule has 10 heteroatoms. The number of benzene rings is 2. The van der Waals surface area contributed by atoms with Crippen molar-refractivity contribution in [1.82, 2.24) is 4.90 Å². The fraction of sp³-hybridized carbons (Fsp3) is 0.391. The third-order valence-corrected chi connectivity index (χ3v) is 7.35. The summed E-state index contributed by atoms with van der Waals surface area (Å²) in [6.45, 7) is 1.91. The van der Waals surface area contributed by atoms with Crippen molar-refractivity contribution in [2.24, 2.45) is 0 Å². The topological polar surface area (TPSA) is 99.2 Å². The summed E-state index contributed by atoms with van der Waals surface area (Å²) in [6, 6.07) is 11.4. The minimum absolute atomic E-state index is 0.0603. The molecule has 0 radical (unpaired) electrons. The Balaban J connectivity index is 1.59. The molecule has 1 heterocycles. The van der Waals surface area contributed by atoms with Crippen LogP contribution in [0.5, 0.6) is 11.5 Å². The zero-order chi connectivity index (χ0) is 24.0. The van der Waals surface area contributed by atoms with E-state index in [-0.39, 0.29) is 29.7 Å². The van der Waals surface area contributed by atoms with E-state index in [9.17, 15) is 18.0 Å². The summed E-state index contributed by atoms with van der Waals surface area (Å²) in [5.74, 6) is -0.331. The van der Waals surface area contributed by atoms with Crippen molar-refractivity contribution in [3.05, 3.63) is 58.6 Å². The van der Waals surface area contributed by atoms with Crippen molar-refractivity contribution in [3.8, 4) is 11.5 Å². The van der Waals surface area contributed by atoms with Crippen LogP contribution in [0, 0.1) is 0 Å². The standard InChI is InChI=1S/C23H26ClNO7S/c1-3-25(19-10-11-33(28,29)15-19)22(26)14-32-23(27)17-6-9-20(21(12-17)30-2)31-13-16-4-7-18(24)8-5-16/h4-9,12,19H,3,10-11,13-15H2,1-2H3. The number of carbonyl (C=O) groups excluding carboxylic acids is 2. The zero-order valence-corrected chi connectivity index (χ0v) is 20.0. The molecule has 1 unspecified atom stereocenters. The Morgan fingerprint density at radius 1 is 1.12 bits per heavy atom. The number of hydrogen-bond donors (Lipinski definition) is 0. The number of ether oxygens (including phenoxy) is 3. The molecule has 1 saturated heterocycles. The number of halogens is 1. The first kappa shape index (κ1) is 24.9. The number of methoxy groups -OCH3 is 1. The molecular weight excluding hydrogens is 470 g/mol. The molecule has 1 aliphatic heterocycles. The van der Waals surface area contributed by atoms with Crippen LogP contribution in [0.1, 0.15) is 29.3 Å². The quantitative estimate of drug-likeness (QED) is 0.493. The zero-order valence-electron chi connectivity index (χ0n) is 18.5. The molecule has 2 aromatic rings. The van der Waals surface area contributed by atoms with E-state index in [1.54, 1.807) is 25.1 Å². The van der Waals surface area contributed by atoms with Crippen LogP contribution >= 0.6 is 11.6 Å². The average Bonchev–Trinajstić information content (AvgIpc) is 3.16. The first-order valence-electron chi connectivity index (χ1n) is 10.4. The molecule has 178 valence electrons. The fourth-order valence-corrected chi connectivity index (χ4v) is 5.47.